The highest BCUT2D eigenvalue weighted by Gasteiger charge is 2.38. The van der Waals surface area contributed by atoms with Crippen LogP contribution < -0.4 is 10.3 Å². The first kappa shape index (κ1) is 17.3. The molecule has 2 heterocycles. The Balaban J connectivity index is 1.45. The lowest BCUT2D eigenvalue weighted by molar-refractivity contribution is -0.122. The predicted molar refractivity (Wildman–Crippen MR) is 102 cm³/mol. The van der Waals surface area contributed by atoms with Crippen LogP contribution in [-0.2, 0) is 4.79 Å². The molecule has 8 heteroatoms. The number of hydrazone groups is 1. The maximum absolute atomic E-state index is 13.4. The van der Waals surface area contributed by atoms with Crippen LogP contribution in [-0.4, -0.2) is 33.7 Å². The summed E-state index contributed by atoms with van der Waals surface area (Å²) in [7, 11) is 0. The van der Waals surface area contributed by atoms with Crippen molar-refractivity contribution in [1.29, 1.82) is 0 Å². The molecule has 0 saturated heterocycles. The van der Waals surface area contributed by atoms with Crippen LogP contribution in [0.5, 0.6) is 0 Å². The average molecular weight is 382 g/mol. The van der Waals surface area contributed by atoms with Crippen molar-refractivity contribution in [1.82, 2.24) is 10.3 Å². The minimum absolute atomic E-state index is 0.0135. The van der Waals surface area contributed by atoms with E-state index in [1.807, 2.05) is 18.2 Å². The molecule has 2 aromatic rings. The summed E-state index contributed by atoms with van der Waals surface area (Å²) in [6, 6.07) is 14.8. The summed E-state index contributed by atoms with van der Waals surface area (Å²) < 4.78 is 13.4. The first-order valence-electron chi connectivity index (χ1n) is 8.23. The number of rotatable bonds is 4. The molecule has 4 rings (SSSR count). The highest BCUT2D eigenvalue weighted by molar-refractivity contribution is 8.14. The number of fused-ring (bicyclic) bond motifs is 1. The molecule has 2 aliphatic rings. The Kier molecular flexibility index (Phi) is 4.64. The Morgan fingerprint density at radius 1 is 1.15 bits per heavy atom. The van der Waals surface area contributed by atoms with E-state index >= 15 is 0 Å². The molecular weight excluding hydrogens is 367 g/mol. The van der Waals surface area contributed by atoms with E-state index in [1.165, 1.54) is 28.8 Å². The molecule has 2 aliphatic heterocycles. The molecule has 0 fully saturated rings. The monoisotopic (exact) mass is 382 g/mol. The number of amidine groups is 1. The van der Waals surface area contributed by atoms with Crippen molar-refractivity contribution in [3.63, 3.8) is 0 Å². The third-order valence-electron chi connectivity index (χ3n) is 4.14. The highest BCUT2D eigenvalue weighted by atomic mass is 32.2. The van der Waals surface area contributed by atoms with E-state index in [1.54, 1.807) is 41.6 Å². The fourth-order valence-electron chi connectivity index (χ4n) is 2.80. The Bertz CT molecular complexity index is 948. The van der Waals surface area contributed by atoms with E-state index in [2.05, 4.69) is 10.5 Å². The second-order valence-electron chi connectivity index (χ2n) is 5.90. The number of Topliss-reactive ketones (excluding diaryl/α,β-unsaturated/α-hetero) is 1. The second-order valence-corrected chi connectivity index (χ2v) is 6.84. The van der Waals surface area contributed by atoms with Crippen LogP contribution in [0.15, 0.2) is 72.1 Å². The minimum Gasteiger partial charge on any atom is -0.294 e. The molecule has 136 valence electrons. The zero-order valence-corrected chi connectivity index (χ0v) is 14.9. The van der Waals surface area contributed by atoms with Gasteiger partial charge in [-0.15, -0.1) is 0 Å². The van der Waals surface area contributed by atoms with Gasteiger partial charge in [-0.3, -0.25) is 24.8 Å². The topological polar surface area (TPSA) is 65.0 Å². The number of anilines is 1. The lowest BCUT2D eigenvalue weighted by Gasteiger charge is -2.31. The van der Waals surface area contributed by atoms with Gasteiger partial charge in [0.05, 0.1) is 11.4 Å². The zero-order chi connectivity index (χ0) is 18.8. The molecule has 1 amide bonds. The summed E-state index contributed by atoms with van der Waals surface area (Å²) in [4.78, 5) is 28.0. The number of ketones is 1. The fraction of sp³-hybridized carbons (Fsp3) is 0.105. The van der Waals surface area contributed by atoms with Gasteiger partial charge in [0.15, 0.2) is 11.0 Å². The van der Waals surface area contributed by atoms with Gasteiger partial charge in [0.1, 0.15) is 5.82 Å². The summed E-state index contributed by atoms with van der Waals surface area (Å²) in [6.07, 6.45) is 2.54. The lowest BCUT2D eigenvalue weighted by Crippen LogP contribution is -2.52. The molecule has 6 nitrogen and oxygen atoms in total. The summed E-state index contributed by atoms with van der Waals surface area (Å²) in [5, 5.41) is 4.71. The fourth-order valence-corrected chi connectivity index (χ4v) is 3.66. The van der Waals surface area contributed by atoms with Crippen LogP contribution in [0.4, 0.5) is 10.1 Å². The van der Waals surface area contributed by atoms with E-state index in [4.69, 9.17) is 0 Å². The Hall–Kier alpha value is -3.13. The highest BCUT2D eigenvalue weighted by Crippen LogP contribution is 2.26. The van der Waals surface area contributed by atoms with E-state index in [0.717, 1.165) is 0 Å². The van der Waals surface area contributed by atoms with E-state index < -0.39 is 12.0 Å². The minimum atomic E-state index is -0.715. The number of halogens is 1. The molecule has 0 radical (unpaired) electrons. The largest absolute Gasteiger partial charge is 0.294 e. The van der Waals surface area contributed by atoms with Crippen LogP contribution in [0.3, 0.4) is 0 Å². The van der Waals surface area contributed by atoms with Crippen molar-refractivity contribution < 1.29 is 14.0 Å². The molecule has 1 atom stereocenters. The molecular formula is C19H15FN4O2S. The number of benzene rings is 2. The van der Waals surface area contributed by atoms with Crippen molar-refractivity contribution in [2.75, 3.05) is 10.7 Å². The van der Waals surface area contributed by atoms with Crippen LogP contribution in [0.25, 0.3) is 0 Å². The number of thioether (sulfide) groups is 1. The van der Waals surface area contributed by atoms with E-state index in [-0.39, 0.29) is 17.4 Å². The first-order chi connectivity index (χ1) is 13.1. The van der Waals surface area contributed by atoms with Gasteiger partial charge in [-0.1, -0.05) is 48.2 Å². The number of amides is 1. The van der Waals surface area contributed by atoms with Gasteiger partial charge in [-0.05, 0) is 18.2 Å². The third-order valence-corrected chi connectivity index (χ3v) is 5.11. The van der Waals surface area contributed by atoms with Crippen LogP contribution >= 0.6 is 11.8 Å². The SMILES string of the molecule is O=C(CSC1=NNC2C(=O)N(c3cccc(F)c3)C=CN12)c1ccccc1. The molecule has 0 saturated carbocycles. The molecule has 0 aromatic heterocycles. The smallest absolute Gasteiger partial charge is 0.276 e. The van der Waals surface area contributed by atoms with Crippen molar-refractivity contribution in [2.45, 2.75) is 6.17 Å². The molecule has 1 N–H and O–H groups in total. The van der Waals surface area contributed by atoms with Gasteiger partial charge in [0, 0.05) is 18.0 Å². The lowest BCUT2D eigenvalue weighted by atomic mass is 10.2. The van der Waals surface area contributed by atoms with Crippen molar-refractivity contribution in [3.05, 3.63) is 78.4 Å². The van der Waals surface area contributed by atoms with Crippen LogP contribution in [0, 0.1) is 5.82 Å². The summed E-state index contributed by atoms with van der Waals surface area (Å²) in [5.41, 5.74) is 3.86. The average Bonchev–Trinajstić information content (AvgIpc) is 3.11. The number of nitrogens with zero attached hydrogens (tertiary/aromatic N) is 3. The quantitative estimate of drug-likeness (QED) is 0.824. The number of nitrogens with one attached hydrogen (secondary N) is 1. The maximum Gasteiger partial charge on any atom is 0.276 e. The van der Waals surface area contributed by atoms with Gasteiger partial charge in [0.2, 0.25) is 6.17 Å². The predicted octanol–water partition coefficient (Wildman–Crippen LogP) is 2.76. The molecule has 0 spiro atoms. The Morgan fingerprint density at radius 2 is 1.96 bits per heavy atom. The number of hydrogen-bond acceptors (Lipinski definition) is 6. The Labute approximate surface area is 159 Å². The number of carbonyl (C=O) groups excluding carboxylic acids is 2. The number of hydrogen-bond donors (Lipinski definition) is 1. The van der Waals surface area contributed by atoms with E-state index in [0.29, 0.717) is 16.4 Å². The van der Waals surface area contributed by atoms with Gasteiger partial charge in [-0.2, -0.15) is 5.10 Å². The standard InChI is InChI=1S/C19H15FN4O2S/c20-14-7-4-8-15(11-14)23-9-10-24-17(18(23)26)21-22-19(24)27-12-16(25)13-5-2-1-3-6-13/h1-11,17,21H,12H2. The maximum atomic E-state index is 13.4. The van der Waals surface area contributed by atoms with Crippen LogP contribution in [0.1, 0.15) is 10.4 Å². The summed E-state index contributed by atoms with van der Waals surface area (Å²) >= 11 is 1.26. The first-order valence-corrected chi connectivity index (χ1v) is 9.21. The van der Waals surface area contributed by atoms with Crippen LogP contribution in [0.2, 0.25) is 0 Å². The Morgan fingerprint density at radius 3 is 2.74 bits per heavy atom. The van der Waals surface area contributed by atoms with Gasteiger partial charge in [0.25, 0.3) is 5.91 Å². The van der Waals surface area contributed by atoms with E-state index in [9.17, 15) is 14.0 Å². The molecule has 0 bridgehead atoms. The van der Waals surface area contributed by atoms with Gasteiger partial charge >= 0.3 is 0 Å². The molecule has 0 aliphatic carbocycles. The normalized spacial score (nSPS) is 18.2. The zero-order valence-electron chi connectivity index (χ0n) is 14.1. The van der Waals surface area contributed by atoms with Crippen molar-refractivity contribution in [3.8, 4) is 0 Å². The van der Waals surface area contributed by atoms with Gasteiger partial charge in [-0.25, -0.2) is 4.39 Å². The van der Waals surface area contributed by atoms with Gasteiger partial charge < -0.3 is 0 Å². The summed E-state index contributed by atoms with van der Waals surface area (Å²) in [6.45, 7) is 0. The molecule has 1 unspecified atom stereocenters. The van der Waals surface area contributed by atoms with Crippen molar-refractivity contribution in [2.24, 2.45) is 5.10 Å². The van der Waals surface area contributed by atoms with Crippen molar-refractivity contribution >= 4 is 34.3 Å². The summed E-state index contributed by atoms with van der Waals surface area (Å²) in [5.74, 6) is -0.497. The number of carbonyl (C=O) groups is 2. The molecule has 2 aromatic carbocycles. The second kappa shape index (κ2) is 7.24. The third kappa shape index (κ3) is 3.43. The molecule has 27 heavy (non-hydrogen) atoms.